The molecule has 2 heterocycles. The molecule has 2 unspecified atom stereocenters. The van der Waals surface area contributed by atoms with Crippen LogP contribution in [0.15, 0.2) is 36.5 Å². The molecule has 4 rings (SSSR count). The number of carboxylic acids is 1. The molecule has 1 fully saturated rings. The number of nitrogens with one attached hydrogen (secondary N) is 1. The van der Waals surface area contributed by atoms with E-state index in [1.165, 1.54) is 4.90 Å². The number of H-pyrrole nitrogens is 1. The van der Waals surface area contributed by atoms with Gasteiger partial charge in [-0.3, -0.25) is 9.80 Å². The van der Waals surface area contributed by atoms with Gasteiger partial charge in [-0.1, -0.05) is 32.9 Å². The lowest BCUT2D eigenvalue weighted by Crippen LogP contribution is -2.52. The predicted molar refractivity (Wildman–Crippen MR) is 137 cm³/mol. The van der Waals surface area contributed by atoms with Gasteiger partial charge in [0.15, 0.2) is 0 Å². The summed E-state index contributed by atoms with van der Waals surface area (Å²) in [6.45, 7) is 8.78. The lowest BCUT2D eigenvalue weighted by Gasteiger charge is -2.43. The van der Waals surface area contributed by atoms with Crippen LogP contribution in [-0.2, 0) is 12.0 Å². The number of nitrogens with zero attached hydrogens (tertiary/aromatic N) is 2. The first kappa shape index (κ1) is 27.0. The van der Waals surface area contributed by atoms with Gasteiger partial charge in [0.05, 0.1) is 12.7 Å². The Morgan fingerprint density at radius 3 is 2.54 bits per heavy atom. The fraction of sp³-hybridized carbons (Fsp3) is 0.464. The second-order valence-corrected chi connectivity index (χ2v) is 10.7. The maximum atomic E-state index is 14.5. The van der Waals surface area contributed by atoms with Crippen molar-refractivity contribution < 1.29 is 27.8 Å². The molecule has 1 aliphatic heterocycles. The zero-order valence-corrected chi connectivity index (χ0v) is 21.8. The molecule has 6 nitrogen and oxygen atoms in total. The quantitative estimate of drug-likeness (QED) is 0.382. The van der Waals surface area contributed by atoms with Crippen LogP contribution in [0, 0.1) is 6.92 Å². The summed E-state index contributed by atoms with van der Waals surface area (Å²) in [7, 11) is 1.61. The number of hydrogen-bond donors (Lipinski definition) is 2. The van der Waals surface area contributed by atoms with Gasteiger partial charge in [-0.25, -0.2) is 18.0 Å². The second-order valence-electron chi connectivity index (χ2n) is 10.7. The number of carboxylic acid groups (broad SMARTS) is 1. The molecule has 0 amide bonds. The van der Waals surface area contributed by atoms with E-state index in [1.807, 2.05) is 52.1 Å². The number of fused-ring (bicyclic) bond motifs is 1. The van der Waals surface area contributed by atoms with Crippen molar-refractivity contribution in [2.75, 3.05) is 26.7 Å². The first-order chi connectivity index (χ1) is 17.4. The van der Waals surface area contributed by atoms with Crippen LogP contribution in [-0.4, -0.2) is 65.3 Å². The summed E-state index contributed by atoms with van der Waals surface area (Å²) in [5.74, 6) is -0.308. The average molecular weight is 518 g/mol. The number of benzene rings is 2. The van der Waals surface area contributed by atoms with Gasteiger partial charge in [-0.2, -0.15) is 0 Å². The topological polar surface area (TPSA) is 68.8 Å². The van der Waals surface area contributed by atoms with Crippen LogP contribution in [0.25, 0.3) is 10.9 Å². The number of aromatic nitrogens is 1. The van der Waals surface area contributed by atoms with Crippen LogP contribution >= 0.6 is 0 Å². The zero-order valence-electron chi connectivity index (χ0n) is 21.8. The molecular weight excluding hydrogens is 483 g/mol. The van der Waals surface area contributed by atoms with Crippen LogP contribution in [0.3, 0.4) is 0 Å². The largest absolute Gasteiger partial charge is 0.496 e. The molecule has 1 saturated heterocycles. The molecular formula is C28H34F3N3O3. The third kappa shape index (κ3) is 5.33. The lowest BCUT2D eigenvalue weighted by molar-refractivity contribution is -0.0793. The lowest BCUT2D eigenvalue weighted by atomic mass is 9.81. The number of piperazine rings is 1. The Kier molecular flexibility index (Phi) is 7.57. The number of rotatable bonds is 7. The number of ether oxygens (including phenoxy) is 1. The number of halogens is 3. The average Bonchev–Trinajstić information content (AvgIpc) is 3.35. The molecule has 2 aromatic carbocycles. The predicted octanol–water partition coefficient (Wildman–Crippen LogP) is 5.90. The van der Waals surface area contributed by atoms with Crippen LogP contribution in [0.1, 0.15) is 59.4 Å². The molecule has 37 heavy (non-hydrogen) atoms. The Bertz CT molecular complexity index is 1280. The highest BCUT2D eigenvalue weighted by Gasteiger charge is 2.37. The molecule has 2 atom stereocenters. The molecule has 3 aromatic rings. The number of carbonyl (C=O) groups is 1. The fourth-order valence-electron chi connectivity index (χ4n) is 5.29. The monoisotopic (exact) mass is 517 g/mol. The summed E-state index contributed by atoms with van der Waals surface area (Å²) in [4.78, 5) is 18.5. The highest BCUT2D eigenvalue weighted by Crippen LogP contribution is 2.37. The van der Waals surface area contributed by atoms with Crippen molar-refractivity contribution in [3.8, 4) is 5.75 Å². The van der Waals surface area contributed by atoms with Crippen LogP contribution in [0.5, 0.6) is 5.75 Å². The first-order valence-corrected chi connectivity index (χ1v) is 12.3. The summed E-state index contributed by atoms with van der Waals surface area (Å²) < 4.78 is 46.8. The Morgan fingerprint density at radius 1 is 1.19 bits per heavy atom. The standard InChI is InChI=1S/C28H34F3N3O3/c1-16-12-23(37-5)20(18-8-9-32-24(16)18)14-33-10-11-34(26(31)25(29)30)15-22(33)17-6-7-19(27(35)36)21(13-17)28(2,3)4/h6-9,12-13,22,25-26,32H,10-11,14-15H2,1-5H3,(H,35,36). The van der Waals surface area contributed by atoms with Gasteiger partial charge in [0.2, 0.25) is 6.30 Å². The second kappa shape index (κ2) is 10.4. The smallest absolute Gasteiger partial charge is 0.335 e. The molecule has 0 bridgehead atoms. The molecule has 0 radical (unpaired) electrons. The number of aryl methyl sites for hydroxylation is 1. The third-order valence-corrected chi connectivity index (χ3v) is 7.24. The van der Waals surface area contributed by atoms with E-state index in [9.17, 15) is 23.1 Å². The van der Waals surface area contributed by atoms with E-state index in [2.05, 4.69) is 9.88 Å². The van der Waals surface area contributed by atoms with Crippen LogP contribution < -0.4 is 4.74 Å². The summed E-state index contributed by atoms with van der Waals surface area (Å²) in [5.41, 5.74) is 4.11. The van der Waals surface area contributed by atoms with Gasteiger partial charge in [0, 0.05) is 54.9 Å². The molecule has 1 aromatic heterocycles. The van der Waals surface area contributed by atoms with Crippen molar-refractivity contribution in [2.45, 2.75) is 58.4 Å². The zero-order chi connectivity index (χ0) is 27.1. The third-order valence-electron chi connectivity index (χ3n) is 7.24. The number of aromatic amines is 1. The molecule has 0 spiro atoms. The van der Waals surface area contributed by atoms with Crippen LogP contribution in [0.2, 0.25) is 0 Å². The maximum absolute atomic E-state index is 14.5. The van der Waals surface area contributed by atoms with Gasteiger partial charge in [-0.05, 0) is 47.2 Å². The van der Waals surface area contributed by atoms with E-state index in [0.29, 0.717) is 18.7 Å². The van der Waals surface area contributed by atoms with Gasteiger partial charge in [0.25, 0.3) is 6.43 Å². The first-order valence-electron chi connectivity index (χ1n) is 12.3. The highest BCUT2D eigenvalue weighted by atomic mass is 19.3. The fourth-order valence-corrected chi connectivity index (χ4v) is 5.29. The van der Waals surface area contributed by atoms with Crippen molar-refractivity contribution in [2.24, 2.45) is 0 Å². The molecule has 2 N–H and O–H groups in total. The van der Waals surface area contributed by atoms with E-state index >= 15 is 0 Å². The molecule has 9 heteroatoms. The van der Waals surface area contributed by atoms with Gasteiger partial charge in [0.1, 0.15) is 5.75 Å². The van der Waals surface area contributed by atoms with E-state index in [4.69, 9.17) is 4.74 Å². The Labute approximate surface area is 215 Å². The van der Waals surface area contributed by atoms with E-state index in [-0.39, 0.29) is 18.7 Å². The van der Waals surface area contributed by atoms with Crippen LogP contribution in [0.4, 0.5) is 13.2 Å². The highest BCUT2D eigenvalue weighted by molar-refractivity contribution is 5.90. The normalized spacial score (nSPS) is 18.5. The molecule has 0 aliphatic carbocycles. The van der Waals surface area contributed by atoms with Crippen molar-refractivity contribution >= 4 is 16.9 Å². The molecule has 200 valence electrons. The SMILES string of the molecule is COc1cc(C)c2[nH]ccc2c1CN1CCN(C(F)C(F)F)CC1c1ccc(C(=O)O)c(C(C)(C)C)c1. The molecule has 0 saturated carbocycles. The van der Waals surface area contributed by atoms with Gasteiger partial charge in [-0.15, -0.1) is 0 Å². The minimum absolute atomic E-state index is 0.0476. The number of alkyl halides is 3. The Morgan fingerprint density at radius 2 is 1.92 bits per heavy atom. The summed E-state index contributed by atoms with van der Waals surface area (Å²) in [6.07, 6.45) is -3.61. The summed E-state index contributed by atoms with van der Waals surface area (Å²) in [6, 6.07) is 8.62. The van der Waals surface area contributed by atoms with Crippen molar-refractivity contribution in [1.82, 2.24) is 14.8 Å². The van der Waals surface area contributed by atoms with E-state index < -0.39 is 30.1 Å². The van der Waals surface area contributed by atoms with E-state index in [1.54, 1.807) is 19.2 Å². The van der Waals surface area contributed by atoms with Crippen molar-refractivity contribution in [1.29, 1.82) is 0 Å². The number of hydrogen-bond acceptors (Lipinski definition) is 4. The Hall–Kier alpha value is -3.04. The van der Waals surface area contributed by atoms with E-state index in [0.717, 1.165) is 33.3 Å². The van der Waals surface area contributed by atoms with Crippen molar-refractivity contribution in [3.63, 3.8) is 0 Å². The Balaban J connectivity index is 1.79. The van der Waals surface area contributed by atoms with Gasteiger partial charge >= 0.3 is 5.97 Å². The summed E-state index contributed by atoms with van der Waals surface area (Å²) in [5, 5.41) is 10.7. The minimum atomic E-state index is -3.11. The maximum Gasteiger partial charge on any atom is 0.335 e. The van der Waals surface area contributed by atoms with Gasteiger partial charge < -0.3 is 14.8 Å². The molecule has 1 aliphatic rings. The summed E-state index contributed by atoms with van der Waals surface area (Å²) >= 11 is 0. The number of methoxy groups -OCH3 is 1. The number of aromatic carboxylic acids is 1. The minimum Gasteiger partial charge on any atom is -0.496 e. The van der Waals surface area contributed by atoms with Crippen molar-refractivity contribution in [3.05, 3.63) is 64.3 Å².